The largest absolute Gasteiger partial charge is 0.335 e. The minimum atomic E-state index is -3.28. The van der Waals surface area contributed by atoms with Crippen LogP contribution in [0.2, 0.25) is 0 Å². The van der Waals surface area contributed by atoms with E-state index in [0.717, 1.165) is 19.3 Å². The molecule has 0 bridgehead atoms. The van der Waals surface area contributed by atoms with Gasteiger partial charge in [-0.3, -0.25) is 14.6 Å². The maximum atomic E-state index is 12.8. The first-order chi connectivity index (χ1) is 12.0. The second kappa shape index (κ2) is 6.05. The van der Waals surface area contributed by atoms with E-state index in [0.29, 0.717) is 13.1 Å². The summed E-state index contributed by atoms with van der Waals surface area (Å²) < 4.78 is 24.4. The Morgan fingerprint density at radius 3 is 2.32 bits per heavy atom. The zero-order valence-electron chi connectivity index (χ0n) is 13.7. The lowest BCUT2D eigenvalue weighted by molar-refractivity contribution is -0.143. The van der Waals surface area contributed by atoms with Crippen molar-refractivity contribution in [2.24, 2.45) is 5.92 Å². The van der Waals surface area contributed by atoms with Crippen LogP contribution in [0.1, 0.15) is 29.8 Å². The average molecular weight is 364 g/mol. The maximum Gasteiger partial charge on any atom is 0.274 e. The molecule has 2 amide bonds. The highest BCUT2D eigenvalue weighted by atomic mass is 32.2. The monoisotopic (exact) mass is 364 g/mol. The van der Waals surface area contributed by atoms with E-state index in [1.54, 1.807) is 9.80 Å². The van der Waals surface area contributed by atoms with Crippen LogP contribution in [0.5, 0.6) is 0 Å². The van der Waals surface area contributed by atoms with Gasteiger partial charge in [-0.1, -0.05) is 6.42 Å². The highest BCUT2D eigenvalue weighted by Gasteiger charge is 2.50. The third-order valence-corrected chi connectivity index (χ3v) is 7.16. The van der Waals surface area contributed by atoms with E-state index >= 15 is 0 Å². The summed E-state index contributed by atoms with van der Waals surface area (Å²) in [6, 6.07) is -0.954. The topological polar surface area (TPSA) is 101 Å². The number of carbonyl (C=O) groups is 2. The minimum absolute atomic E-state index is 0.0196. The fourth-order valence-corrected chi connectivity index (χ4v) is 5.91. The summed E-state index contributed by atoms with van der Waals surface area (Å²) in [5.41, 5.74) is 0.198. The Hall–Kier alpha value is -2.03. The van der Waals surface area contributed by atoms with Crippen LogP contribution < -0.4 is 0 Å². The van der Waals surface area contributed by atoms with E-state index in [-0.39, 0.29) is 34.9 Å². The molecule has 4 rings (SSSR count). The Morgan fingerprint density at radius 1 is 1.04 bits per heavy atom. The number of piperazine rings is 1. The number of aromatic nitrogens is 2. The van der Waals surface area contributed by atoms with Gasteiger partial charge in [-0.05, 0) is 12.8 Å². The lowest BCUT2D eigenvalue weighted by Crippen LogP contribution is -2.63. The molecule has 0 aromatic carbocycles. The van der Waals surface area contributed by atoms with Gasteiger partial charge >= 0.3 is 0 Å². The second-order valence-corrected chi connectivity index (χ2v) is 9.11. The molecule has 3 heterocycles. The molecule has 9 heteroatoms. The summed E-state index contributed by atoms with van der Waals surface area (Å²) in [5, 5.41) is 0. The molecule has 0 radical (unpaired) electrons. The quantitative estimate of drug-likeness (QED) is 0.716. The lowest BCUT2D eigenvalue weighted by atomic mass is 9.83. The molecule has 25 heavy (non-hydrogen) atoms. The molecular formula is C16H20N4O4S. The Kier molecular flexibility index (Phi) is 3.98. The van der Waals surface area contributed by atoms with Crippen LogP contribution in [0.4, 0.5) is 0 Å². The number of hydrogen-bond acceptors (Lipinski definition) is 6. The smallest absolute Gasteiger partial charge is 0.274 e. The van der Waals surface area contributed by atoms with E-state index in [1.807, 2.05) is 0 Å². The third kappa shape index (κ3) is 2.90. The number of sulfone groups is 1. The molecule has 0 spiro atoms. The summed E-state index contributed by atoms with van der Waals surface area (Å²) in [6.45, 7) is 0.697. The van der Waals surface area contributed by atoms with Crippen molar-refractivity contribution < 1.29 is 18.0 Å². The van der Waals surface area contributed by atoms with E-state index in [9.17, 15) is 18.0 Å². The Morgan fingerprint density at radius 2 is 1.72 bits per heavy atom. The van der Waals surface area contributed by atoms with Crippen molar-refractivity contribution in [1.29, 1.82) is 0 Å². The third-order valence-electron chi connectivity index (χ3n) is 5.46. The van der Waals surface area contributed by atoms with Gasteiger partial charge in [0.05, 0.1) is 29.8 Å². The maximum absolute atomic E-state index is 12.8. The van der Waals surface area contributed by atoms with Gasteiger partial charge in [0.2, 0.25) is 5.91 Å². The molecule has 0 unspecified atom stereocenters. The number of carbonyl (C=O) groups excluding carboxylic acids is 2. The van der Waals surface area contributed by atoms with E-state index in [1.165, 1.54) is 18.6 Å². The second-order valence-electron chi connectivity index (χ2n) is 6.96. The van der Waals surface area contributed by atoms with Gasteiger partial charge in [0.1, 0.15) is 5.69 Å². The fourth-order valence-electron chi connectivity index (χ4n) is 3.93. The Labute approximate surface area is 146 Å². The van der Waals surface area contributed by atoms with Crippen LogP contribution in [0, 0.1) is 5.92 Å². The molecule has 3 fully saturated rings. The zero-order chi connectivity index (χ0) is 17.6. The van der Waals surface area contributed by atoms with Gasteiger partial charge in [0, 0.05) is 31.4 Å². The first kappa shape index (κ1) is 16.4. The molecule has 0 N–H and O–H groups in total. The number of nitrogens with zero attached hydrogens (tertiary/aromatic N) is 4. The first-order valence-corrected chi connectivity index (χ1v) is 10.4. The fraction of sp³-hybridized carbons (Fsp3) is 0.625. The average Bonchev–Trinajstić information content (AvgIpc) is 2.87. The summed E-state index contributed by atoms with van der Waals surface area (Å²) in [7, 11) is -3.28. The van der Waals surface area contributed by atoms with Crippen LogP contribution >= 0.6 is 0 Å². The van der Waals surface area contributed by atoms with Crippen molar-refractivity contribution >= 4 is 21.7 Å². The number of fused-ring (bicyclic) bond motifs is 1. The predicted octanol–water partition coefficient (Wildman–Crippen LogP) is -0.273. The molecule has 8 nitrogen and oxygen atoms in total. The van der Waals surface area contributed by atoms with Crippen molar-refractivity contribution in [2.45, 2.75) is 31.3 Å². The van der Waals surface area contributed by atoms with Crippen LogP contribution in [0.25, 0.3) is 0 Å². The van der Waals surface area contributed by atoms with Crippen molar-refractivity contribution in [3.63, 3.8) is 0 Å². The van der Waals surface area contributed by atoms with Crippen molar-refractivity contribution in [1.82, 2.24) is 19.8 Å². The molecule has 134 valence electrons. The Bertz CT molecular complexity index is 794. The molecule has 2 saturated heterocycles. The molecule has 3 aliphatic rings. The SMILES string of the molecule is O=C(C1CCC1)N1CCN(C(=O)c2cnccn2)[C@H]2CS(=O)(=O)C[C@H]21. The number of hydrogen-bond donors (Lipinski definition) is 0. The zero-order valence-corrected chi connectivity index (χ0v) is 14.6. The van der Waals surface area contributed by atoms with E-state index in [2.05, 4.69) is 9.97 Å². The highest BCUT2D eigenvalue weighted by molar-refractivity contribution is 7.91. The summed E-state index contributed by atoms with van der Waals surface area (Å²) in [4.78, 5) is 36.6. The van der Waals surface area contributed by atoms with Gasteiger partial charge in [-0.15, -0.1) is 0 Å². The number of rotatable bonds is 2. The minimum Gasteiger partial charge on any atom is -0.335 e. The van der Waals surface area contributed by atoms with Crippen molar-refractivity contribution in [3.8, 4) is 0 Å². The number of amides is 2. The first-order valence-electron chi connectivity index (χ1n) is 8.54. The summed E-state index contributed by atoms with van der Waals surface area (Å²) in [5.74, 6) is -0.425. The van der Waals surface area contributed by atoms with Crippen LogP contribution in [0.3, 0.4) is 0 Å². The van der Waals surface area contributed by atoms with Crippen molar-refractivity contribution in [2.75, 3.05) is 24.6 Å². The molecule has 2 aliphatic heterocycles. The van der Waals surface area contributed by atoms with Crippen molar-refractivity contribution in [3.05, 3.63) is 24.3 Å². The molecule has 1 saturated carbocycles. The normalized spacial score (nSPS) is 28.3. The van der Waals surface area contributed by atoms with Crippen LogP contribution in [-0.4, -0.2) is 76.7 Å². The summed E-state index contributed by atoms with van der Waals surface area (Å²) >= 11 is 0. The van der Waals surface area contributed by atoms with Crippen LogP contribution in [-0.2, 0) is 14.6 Å². The van der Waals surface area contributed by atoms with Gasteiger partial charge < -0.3 is 9.80 Å². The van der Waals surface area contributed by atoms with Crippen LogP contribution in [0.15, 0.2) is 18.6 Å². The molecule has 2 atom stereocenters. The van der Waals surface area contributed by atoms with E-state index < -0.39 is 21.9 Å². The standard InChI is InChI=1S/C16H20N4O4S/c21-15(11-2-1-3-11)19-6-7-20(14-10-25(23,24)9-13(14)19)16(22)12-8-17-4-5-18-12/h4-5,8,11,13-14H,1-3,6-7,9-10H2/t13-,14+/m1/s1. The molecule has 1 aromatic rings. The Balaban J connectivity index is 1.60. The summed E-state index contributed by atoms with van der Waals surface area (Å²) in [6.07, 6.45) is 7.10. The van der Waals surface area contributed by atoms with Gasteiger partial charge in [-0.25, -0.2) is 13.4 Å². The molecular weight excluding hydrogens is 344 g/mol. The molecule has 1 aromatic heterocycles. The predicted molar refractivity (Wildman–Crippen MR) is 88.4 cm³/mol. The van der Waals surface area contributed by atoms with Gasteiger partial charge in [0.15, 0.2) is 9.84 Å². The van der Waals surface area contributed by atoms with Gasteiger partial charge in [0.25, 0.3) is 5.91 Å². The van der Waals surface area contributed by atoms with E-state index in [4.69, 9.17) is 0 Å². The molecule has 1 aliphatic carbocycles. The van der Waals surface area contributed by atoms with Gasteiger partial charge in [-0.2, -0.15) is 0 Å². The highest BCUT2D eigenvalue weighted by Crippen LogP contribution is 2.33. The lowest BCUT2D eigenvalue weighted by Gasteiger charge is -2.45.